The Morgan fingerprint density at radius 2 is 1.52 bits per heavy atom. The van der Waals surface area contributed by atoms with E-state index >= 15 is 0 Å². The lowest BCUT2D eigenvalue weighted by molar-refractivity contribution is -0.137. The summed E-state index contributed by atoms with van der Waals surface area (Å²) in [5, 5.41) is 8.39. The van der Waals surface area contributed by atoms with Crippen LogP contribution in [0.3, 0.4) is 0 Å². The topological polar surface area (TPSA) is 37.3 Å². The highest BCUT2D eigenvalue weighted by Crippen LogP contribution is 2.09. The molecule has 0 atom stereocenters. The molecule has 1 rings (SSSR count). The Kier molecular flexibility index (Phi) is 13.7. The molecule has 1 aromatic carbocycles. The molecule has 0 aliphatic carbocycles. The molecular formula is C19H30O2. The van der Waals surface area contributed by atoms with Gasteiger partial charge >= 0.3 is 5.97 Å². The van der Waals surface area contributed by atoms with E-state index < -0.39 is 5.97 Å². The van der Waals surface area contributed by atoms with E-state index in [1.54, 1.807) is 0 Å². The summed E-state index contributed by atoms with van der Waals surface area (Å²) in [4.78, 5) is 10.2. The van der Waals surface area contributed by atoms with Gasteiger partial charge in [0.15, 0.2) is 0 Å². The van der Waals surface area contributed by atoms with Gasteiger partial charge in [-0.15, -0.1) is 0 Å². The Bertz CT molecular complexity index is 357. The SMILES string of the molecule is C=Cc1ccccc1.CCCCCCCCCCC(=O)O. The number of aliphatic carboxylic acids is 1. The van der Waals surface area contributed by atoms with Crippen LogP contribution in [0.5, 0.6) is 0 Å². The van der Waals surface area contributed by atoms with Crippen LogP contribution in [0.15, 0.2) is 36.9 Å². The quantitative estimate of drug-likeness (QED) is 0.542. The molecule has 0 radical (unpaired) electrons. The highest BCUT2D eigenvalue weighted by molar-refractivity contribution is 5.66. The van der Waals surface area contributed by atoms with E-state index in [9.17, 15) is 4.79 Å². The van der Waals surface area contributed by atoms with E-state index in [-0.39, 0.29) is 0 Å². The van der Waals surface area contributed by atoms with Crippen molar-refractivity contribution in [1.29, 1.82) is 0 Å². The number of hydrogen-bond acceptors (Lipinski definition) is 1. The summed E-state index contributed by atoms with van der Waals surface area (Å²) >= 11 is 0. The predicted molar refractivity (Wildman–Crippen MR) is 91.4 cm³/mol. The maximum absolute atomic E-state index is 10.2. The number of hydrogen-bond donors (Lipinski definition) is 1. The van der Waals surface area contributed by atoms with Gasteiger partial charge in [-0.05, 0) is 12.0 Å². The number of rotatable bonds is 10. The van der Waals surface area contributed by atoms with Gasteiger partial charge in [0.2, 0.25) is 0 Å². The number of carboxylic acid groups (broad SMARTS) is 1. The first-order chi connectivity index (χ1) is 10.2. The molecule has 118 valence electrons. The van der Waals surface area contributed by atoms with Gasteiger partial charge in [0.1, 0.15) is 0 Å². The summed E-state index contributed by atoms with van der Waals surface area (Å²) in [6.07, 6.45) is 11.9. The molecule has 0 amide bonds. The van der Waals surface area contributed by atoms with Crippen molar-refractivity contribution in [3.05, 3.63) is 42.5 Å². The fourth-order valence-electron chi connectivity index (χ4n) is 2.00. The van der Waals surface area contributed by atoms with Crippen LogP contribution in [0.1, 0.15) is 70.3 Å². The van der Waals surface area contributed by atoms with Crippen molar-refractivity contribution in [3.8, 4) is 0 Å². The molecule has 2 heteroatoms. The molecule has 0 spiro atoms. The Balaban J connectivity index is 0.000000423. The molecule has 0 aliphatic rings. The Hall–Kier alpha value is -1.57. The summed E-state index contributed by atoms with van der Waals surface area (Å²) in [5.74, 6) is -0.661. The van der Waals surface area contributed by atoms with Crippen LogP contribution in [0.4, 0.5) is 0 Å². The van der Waals surface area contributed by atoms with Crippen LogP contribution in [-0.2, 0) is 4.79 Å². The third-order valence-corrected chi connectivity index (χ3v) is 3.28. The van der Waals surface area contributed by atoms with Gasteiger partial charge in [0.25, 0.3) is 0 Å². The lowest BCUT2D eigenvalue weighted by Crippen LogP contribution is -1.93. The number of carbonyl (C=O) groups is 1. The molecule has 0 saturated heterocycles. The number of benzene rings is 1. The first-order valence-corrected chi connectivity index (χ1v) is 8.10. The van der Waals surface area contributed by atoms with Crippen molar-refractivity contribution in [2.75, 3.05) is 0 Å². The standard InChI is InChI=1S/C11H22O2.C8H8/c1-2-3-4-5-6-7-8-9-10-11(12)13;1-2-8-6-4-3-5-7-8/h2-10H2,1H3,(H,12,13);2-7H,1H2. The van der Waals surface area contributed by atoms with Crippen LogP contribution in [-0.4, -0.2) is 11.1 Å². The maximum Gasteiger partial charge on any atom is 0.303 e. The third-order valence-electron chi connectivity index (χ3n) is 3.28. The molecule has 21 heavy (non-hydrogen) atoms. The van der Waals surface area contributed by atoms with Crippen molar-refractivity contribution < 1.29 is 9.90 Å². The molecule has 2 nitrogen and oxygen atoms in total. The molecule has 0 fully saturated rings. The monoisotopic (exact) mass is 290 g/mol. The van der Waals surface area contributed by atoms with Gasteiger partial charge in [0.05, 0.1) is 0 Å². The van der Waals surface area contributed by atoms with Crippen molar-refractivity contribution in [1.82, 2.24) is 0 Å². The molecule has 1 aromatic rings. The van der Waals surface area contributed by atoms with Crippen molar-refractivity contribution in [2.45, 2.75) is 64.7 Å². The highest BCUT2D eigenvalue weighted by Gasteiger charge is 1.95. The zero-order valence-corrected chi connectivity index (χ0v) is 13.4. The first-order valence-electron chi connectivity index (χ1n) is 8.10. The third kappa shape index (κ3) is 14.6. The van der Waals surface area contributed by atoms with Crippen LogP contribution in [0.2, 0.25) is 0 Å². The van der Waals surface area contributed by atoms with Gasteiger partial charge in [-0.25, -0.2) is 0 Å². The average Bonchev–Trinajstić information content (AvgIpc) is 2.51. The van der Waals surface area contributed by atoms with Crippen molar-refractivity contribution in [2.24, 2.45) is 0 Å². The summed E-state index contributed by atoms with van der Waals surface area (Å²) < 4.78 is 0. The minimum absolute atomic E-state index is 0.342. The average molecular weight is 290 g/mol. The second kappa shape index (κ2) is 14.8. The fraction of sp³-hybridized carbons (Fsp3) is 0.526. The molecule has 0 aliphatic heterocycles. The van der Waals surface area contributed by atoms with E-state index in [0.717, 1.165) is 12.8 Å². The van der Waals surface area contributed by atoms with Crippen LogP contribution >= 0.6 is 0 Å². The maximum atomic E-state index is 10.2. The zero-order valence-electron chi connectivity index (χ0n) is 13.4. The molecule has 1 N–H and O–H groups in total. The largest absolute Gasteiger partial charge is 0.481 e. The minimum atomic E-state index is -0.661. The normalized spacial score (nSPS) is 9.57. The van der Waals surface area contributed by atoms with E-state index in [4.69, 9.17) is 5.11 Å². The van der Waals surface area contributed by atoms with Crippen LogP contribution in [0.25, 0.3) is 6.08 Å². The first kappa shape index (κ1) is 19.4. The van der Waals surface area contributed by atoms with Crippen LogP contribution in [0, 0.1) is 0 Å². The fourth-order valence-corrected chi connectivity index (χ4v) is 2.00. The summed E-state index contributed by atoms with van der Waals surface area (Å²) in [6, 6.07) is 10.0. The Morgan fingerprint density at radius 3 is 1.95 bits per heavy atom. The second-order valence-electron chi connectivity index (χ2n) is 5.23. The Morgan fingerprint density at radius 1 is 1.00 bits per heavy atom. The van der Waals surface area contributed by atoms with Gasteiger partial charge in [-0.3, -0.25) is 4.79 Å². The smallest absolute Gasteiger partial charge is 0.303 e. The molecule has 0 unspecified atom stereocenters. The van der Waals surface area contributed by atoms with E-state index in [0.29, 0.717) is 6.42 Å². The molecule has 0 saturated carbocycles. The molecule has 0 heterocycles. The second-order valence-corrected chi connectivity index (χ2v) is 5.23. The van der Waals surface area contributed by atoms with Gasteiger partial charge < -0.3 is 5.11 Å². The summed E-state index contributed by atoms with van der Waals surface area (Å²) in [5.41, 5.74) is 1.17. The van der Waals surface area contributed by atoms with E-state index in [1.165, 1.54) is 44.1 Å². The van der Waals surface area contributed by atoms with E-state index in [2.05, 4.69) is 13.5 Å². The zero-order chi connectivity index (χ0) is 15.8. The number of carboxylic acids is 1. The van der Waals surface area contributed by atoms with Gasteiger partial charge in [-0.1, -0.05) is 94.9 Å². The summed E-state index contributed by atoms with van der Waals surface area (Å²) in [7, 11) is 0. The lowest BCUT2D eigenvalue weighted by atomic mass is 10.1. The lowest BCUT2D eigenvalue weighted by Gasteiger charge is -1.99. The summed E-state index contributed by atoms with van der Waals surface area (Å²) in [6.45, 7) is 5.85. The van der Waals surface area contributed by atoms with Crippen molar-refractivity contribution in [3.63, 3.8) is 0 Å². The van der Waals surface area contributed by atoms with Crippen molar-refractivity contribution >= 4 is 12.0 Å². The van der Waals surface area contributed by atoms with Crippen LogP contribution < -0.4 is 0 Å². The minimum Gasteiger partial charge on any atom is -0.481 e. The number of unbranched alkanes of at least 4 members (excludes halogenated alkanes) is 7. The molecule has 0 bridgehead atoms. The van der Waals surface area contributed by atoms with Gasteiger partial charge in [0, 0.05) is 6.42 Å². The Labute approximate surface area is 129 Å². The van der Waals surface area contributed by atoms with E-state index in [1.807, 2.05) is 36.4 Å². The van der Waals surface area contributed by atoms with Gasteiger partial charge in [-0.2, -0.15) is 0 Å². The predicted octanol–water partition coefficient (Wildman–Crippen LogP) is 5.93. The molecule has 0 aromatic heterocycles. The molecular weight excluding hydrogens is 260 g/mol. The highest BCUT2D eigenvalue weighted by atomic mass is 16.4.